The number of phenolic OH excluding ortho intramolecular Hbond substituents is 2. The predicted molar refractivity (Wildman–Crippen MR) is 134 cm³/mol. The lowest BCUT2D eigenvalue weighted by molar-refractivity contribution is -0.131. The van der Waals surface area contributed by atoms with Crippen molar-refractivity contribution < 1.29 is 24.2 Å². The Balaban J connectivity index is 1.20. The van der Waals surface area contributed by atoms with E-state index in [0.29, 0.717) is 31.7 Å². The monoisotopic (exact) mass is 509 g/mol. The highest BCUT2D eigenvalue weighted by atomic mass is 32.1. The van der Waals surface area contributed by atoms with E-state index in [1.807, 2.05) is 11.8 Å². The van der Waals surface area contributed by atoms with E-state index < -0.39 is 0 Å². The van der Waals surface area contributed by atoms with Crippen molar-refractivity contribution in [3.63, 3.8) is 0 Å². The number of aromatic hydroxyl groups is 2. The van der Waals surface area contributed by atoms with Crippen LogP contribution in [-0.4, -0.2) is 56.4 Å². The maximum atomic E-state index is 13.3. The van der Waals surface area contributed by atoms with Gasteiger partial charge in [0, 0.05) is 30.9 Å². The number of carbonyl (C=O) groups is 2. The van der Waals surface area contributed by atoms with Crippen LogP contribution in [0.3, 0.4) is 0 Å². The number of amides is 2. The summed E-state index contributed by atoms with van der Waals surface area (Å²) in [7, 11) is 0. The van der Waals surface area contributed by atoms with Gasteiger partial charge in [-0.15, -0.1) is 11.3 Å². The van der Waals surface area contributed by atoms with Crippen molar-refractivity contribution in [3.05, 3.63) is 75.0 Å². The molecule has 0 aliphatic carbocycles. The fraction of sp³-hybridized carbons (Fsp3) is 0.370. The molecule has 188 valence electrons. The molecule has 2 aromatic carbocycles. The lowest BCUT2D eigenvalue weighted by Gasteiger charge is -2.35. The second-order valence-corrected chi connectivity index (χ2v) is 10.4. The molecule has 3 aromatic rings. The number of aromatic nitrogens is 1. The van der Waals surface area contributed by atoms with Crippen molar-refractivity contribution in [3.8, 4) is 11.5 Å². The van der Waals surface area contributed by atoms with Gasteiger partial charge in [0.25, 0.3) is 5.91 Å². The second kappa shape index (κ2) is 9.89. The summed E-state index contributed by atoms with van der Waals surface area (Å²) < 4.78 is 13.1. The van der Waals surface area contributed by atoms with Crippen molar-refractivity contribution in [2.45, 2.75) is 44.6 Å². The molecule has 2 aliphatic rings. The zero-order valence-electron chi connectivity index (χ0n) is 20.0. The molecule has 2 aliphatic heterocycles. The molecule has 2 N–H and O–H groups in total. The Hall–Kier alpha value is -3.46. The Morgan fingerprint density at radius 1 is 1.08 bits per heavy atom. The summed E-state index contributed by atoms with van der Waals surface area (Å²) in [6, 6.07) is 8.88. The smallest absolute Gasteiger partial charge is 0.273 e. The Labute approximate surface area is 212 Å². The Morgan fingerprint density at radius 3 is 2.50 bits per heavy atom. The van der Waals surface area contributed by atoms with Gasteiger partial charge in [-0.1, -0.05) is 12.1 Å². The third-order valence-electron chi connectivity index (χ3n) is 7.24. The van der Waals surface area contributed by atoms with E-state index in [-0.39, 0.29) is 47.5 Å². The Bertz CT molecular complexity index is 1280. The average Bonchev–Trinajstić information content (AvgIpc) is 3.37. The SMILES string of the molecule is CC1c2cc(O)c(O)cc2CCN1C(=O)c1csc(C2CCN(C(=O)Cc3ccc(F)cc3)CC2)n1. The third-order valence-corrected chi connectivity index (χ3v) is 8.25. The van der Waals surface area contributed by atoms with Crippen LogP contribution < -0.4 is 0 Å². The van der Waals surface area contributed by atoms with Crippen LogP contribution in [0, 0.1) is 5.82 Å². The molecule has 1 aromatic heterocycles. The summed E-state index contributed by atoms with van der Waals surface area (Å²) in [5.41, 5.74) is 2.98. The Morgan fingerprint density at radius 2 is 1.78 bits per heavy atom. The van der Waals surface area contributed by atoms with E-state index >= 15 is 0 Å². The molecule has 0 radical (unpaired) electrons. The second-order valence-electron chi connectivity index (χ2n) is 9.49. The number of hydrogen-bond acceptors (Lipinski definition) is 6. The lowest BCUT2D eigenvalue weighted by Crippen LogP contribution is -2.39. The summed E-state index contributed by atoms with van der Waals surface area (Å²) in [5, 5.41) is 22.4. The summed E-state index contributed by atoms with van der Waals surface area (Å²) >= 11 is 1.48. The van der Waals surface area contributed by atoms with Crippen molar-refractivity contribution in [2.24, 2.45) is 0 Å². The minimum Gasteiger partial charge on any atom is -0.504 e. The number of nitrogens with zero attached hydrogens (tertiary/aromatic N) is 3. The highest BCUT2D eigenvalue weighted by molar-refractivity contribution is 7.09. The van der Waals surface area contributed by atoms with Gasteiger partial charge in [-0.05, 0) is 67.1 Å². The first-order valence-electron chi connectivity index (χ1n) is 12.1. The number of fused-ring (bicyclic) bond motifs is 1. The number of piperidine rings is 1. The molecule has 7 nitrogen and oxygen atoms in total. The topological polar surface area (TPSA) is 94.0 Å². The highest BCUT2D eigenvalue weighted by Gasteiger charge is 2.32. The van der Waals surface area contributed by atoms with Crippen LogP contribution in [0.4, 0.5) is 4.39 Å². The van der Waals surface area contributed by atoms with Crippen LogP contribution >= 0.6 is 11.3 Å². The quantitative estimate of drug-likeness (QED) is 0.509. The largest absolute Gasteiger partial charge is 0.504 e. The van der Waals surface area contributed by atoms with Gasteiger partial charge in [0.15, 0.2) is 11.5 Å². The molecule has 0 bridgehead atoms. The van der Waals surface area contributed by atoms with E-state index in [2.05, 4.69) is 4.98 Å². The van der Waals surface area contributed by atoms with Crippen LogP contribution in [0.5, 0.6) is 11.5 Å². The number of rotatable bonds is 4. The number of halogens is 1. The number of phenols is 2. The van der Waals surface area contributed by atoms with Crippen molar-refractivity contribution in [1.29, 1.82) is 0 Å². The van der Waals surface area contributed by atoms with Gasteiger partial charge in [-0.3, -0.25) is 9.59 Å². The molecule has 1 atom stereocenters. The molecular formula is C27H28FN3O4S. The maximum absolute atomic E-state index is 13.3. The fourth-order valence-electron chi connectivity index (χ4n) is 5.11. The van der Waals surface area contributed by atoms with Gasteiger partial charge >= 0.3 is 0 Å². The third kappa shape index (κ3) is 4.80. The van der Waals surface area contributed by atoms with Crippen molar-refractivity contribution >= 4 is 23.2 Å². The fourth-order valence-corrected chi connectivity index (χ4v) is 6.07. The van der Waals surface area contributed by atoms with Crippen LogP contribution in [0.25, 0.3) is 0 Å². The van der Waals surface area contributed by atoms with Crippen LogP contribution in [-0.2, 0) is 17.6 Å². The van der Waals surface area contributed by atoms with Gasteiger partial charge in [0.1, 0.15) is 11.5 Å². The Kier molecular flexibility index (Phi) is 6.66. The molecule has 1 unspecified atom stereocenters. The van der Waals surface area contributed by atoms with Crippen LogP contribution in [0.2, 0.25) is 0 Å². The minimum absolute atomic E-state index is 0.0359. The molecule has 0 spiro atoms. The molecule has 0 saturated carbocycles. The minimum atomic E-state index is -0.313. The standard InChI is InChI=1S/C27H28FN3O4S/c1-16-21-14-24(33)23(32)13-19(21)8-11-31(16)27(35)22-15-36-26(29-22)18-6-9-30(10-7-18)25(34)12-17-2-4-20(28)5-3-17/h2-5,13-16,18,32-33H,6-12H2,1H3. The molecule has 9 heteroatoms. The normalized spacial score (nSPS) is 18.2. The van der Waals surface area contributed by atoms with Crippen LogP contribution in [0.15, 0.2) is 41.8 Å². The number of benzene rings is 2. The first kappa shape index (κ1) is 24.2. The van der Waals surface area contributed by atoms with Gasteiger partial charge in [0.05, 0.1) is 17.5 Å². The summed E-state index contributed by atoms with van der Waals surface area (Å²) in [4.78, 5) is 34.2. The number of thiazole rings is 1. The van der Waals surface area contributed by atoms with Crippen molar-refractivity contribution in [1.82, 2.24) is 14.8 Å². The molecule has 36 heavy (non-hydrogen) atoms. The van der Waals surface area contributed by atoms with E-state index in [1.54, 1.807) is 28.5 Å². The highest BCUT2D eigenvalue weighted by Crippen LogP contribution is 2.38. The lowest BCUT2D eigenvalue weighted by atomic mass is 9.92. The van der Waals surface area contributed by atoms with Gasteiger partial charge in [-0.2, -0.15) is 0 Å². The predicted octanol–water partition coefficient (Wildman–Crippen LogP) is 4.40. The zero-order valence-corrected chi connectivity index (χ0v) is 20.8. The van der Waals surface area contributed by atoms with Gasteiger partial charge in [-0.25, -0.2) is 9.37 Å². The van der Waals surface area contributed by atoms with E-state index in [9.17, 15) is 24.2 Å². The summed E-state index contributed by atoms with van der Waals surface area (Å²) in [6.45, 7) is 3.69. The zero-order chi connectivity index (χ0) is 25.4. The van der Waals surface area contributed by atoms with Crippen LogP contribution in [0.1, 0.15) is 63.9 Å². The molecular weight excluding hydrogens is 481 g/mol. The van der Waals surface area contributed by atoms with Crippen molar-refractivity contribution in [2.75, 3.05) is 19.6 Å². The summed E-state index contributed by atoms with van der Waals surface area (Å²) in [6.07, 6.45) is 2.43. The number of hydrogen-bond donors (Lipinski definition) is 2. The number of carbonyl (C=O) groups excluding carboxylic acids is 2. The molecule has 1 fully saturated rings. The molecule has 3 heterocycles. The van der Waals surface area contributed by atoms with E-state index in [1.165, 1.54) is 29.5 Å². The maximum Gasteiger partial charge on any atom is 0.273 e. The van der Waals surface area contributed by atoms with Gasteiger partial charge < -0.3 is 20.0 Å². The first-order valence-corrected chi connectivity index (χ1v) is 13.0. The first-order chi connectivity index (χ1) is 17.3. The molecule has 1 saturated heterocycles. The number of likely N-dealkylation sites (tertiary alicyclic amines) is 1. The molecule has 2 amide bonds. The molecule has 5 rings (SSSR count). The van der Waals surface area contributed by atoms with Gasteiger partial charge in [0.2, 0.25) is 5.91 Å². The average molecular weight is 510 g/mol. The van der Waals surface area contributed by atoms with E-state index in [0.717, 1.165) is 34.5 Å². The summed E-state index contributed by atoms with van der Waals surface area (Å²) in [5.74, 6) is -0.552. The van der Waals surface area contributed by atoms with E-state index in [4.69, 9.17) is 0 Å².